The number of sulfonamides is 1. The number of ether oxygens (including phenoxy) is 5. The average molecular weight is 914 g/mol. The Balaban J connectivity index is 0.994. The van der Waals surface area contributed by atoms with Gasteiger partial charge in [0.05, 0.1) is 43.2 Å². The summed E-state index contributed by atoms with van der Waals surface area (Å²) in [6, 6.07) is 50.3. The molecular formula is C50H51N5O8S2. The summed E-state index contributed by atoms with van der Waals surface area (Å²) in [5, 5.41) is 9.63. The standard InChI is InChI=1S/C50H51N5O8S2/c1-54(2)43-27-15-26-42-41(43)25-16-28-45(42)65(57,58)51-29-39-30-55(53-52-39)31-46(56)59-35-44-47(60-32-36-17-7-3-8-18-36)48(61-33-37-19-9-4-10-20-37)49(62-34-38-21-11-5-12-22-38)50(63-44)64-40-23-13-6-14-24-40/h3-28,30,44,47-51H,29,31-35H2,1-2H3/t44-,47+,48+,49-,50+/m1/s1. The van der Waals surface area contributed by atoms with Gasteiger partial charge in [-0.2, -0.15) is 0 Å². The molecule has 15 heteroatoms. The second-order valence-corrected chi connectivity index (χ2v) is 18.6. The summed E-state index contributed by atoms with van der Waals surface area (Å²) in [5.41, 5.74) is 3.55. The third-order valence-electron chi connectivity index (χ3n) is 10.8. The number of fused-ring (bicyclic) bond motifs is 1. The highest BCUT2D eigenvalue weighted by atomic mass is 32.2. The molecular weight excluding hydrogens is 863 g/mol. The fourth-order valence-electron chi connectivity index (χ4n) is 7.59. The monoisotopic (exact) mass is 913 g/mol. The van der Waals surface area contributed by atoms with E-state index in [0.717, 1.165) is 32.7 Å². The zero-order valence-corrected chi connectivity index (χ0v) is 37.7. The van der Waals surface area contributed by atoms with Crippen molar-refractivity contribution in [2.75, 3.05) is 25.6 Å². The topological polar surface area (TPSA) is 143 Å². The highest BCUT2D eigenvalue weighted by molar-refractivity contribution is 7.99. The third-order valence-corrected chi connectivity index (χ3v) is 13.4. The fraction of sp³-hybridized carbons (Fsp3) is 0.260. The van der Waals surface area contributed by atoms with Crippen LogP contribution < -0.4 is 9.62 Å². The molecule has 0 spiro atoms. The number of esters is 1. The van der Waals surface area contributed by atoms with E-state index in [0.29, 0.717) is 17.7 Å². The maximum atomic E-state index is 13.6. The number of carbonyl (C=O) groups is 1. The van der Waals surface area contributed by atoms with Crippen molar-refractivity contribution in [3.8, 4) is 0 Å². The van der Waals surface area contributed by atoms with Crippen molar-refractivity contribution in [2.45, 2.75) is 72.6 Å². The first-order valence-corrected chi connectivity index (χ1v) is 23.6. The van der Waals surface area contributed by atoms with E-state index >= 15 is 0 Å². The number of hydrogen-bond acceptors (Lipinski definition) is 12. The van der Waals surface area contributed by atoms with E-state index in [9.17, 15) is 13.2 Å². The van der Waals surface area contributed by atoms with Gasteiger partial charge in [0.2, 0.25) is 10.0 Å². The van der Waals surface area contributed by atoms with Gasteiger partial charge in [-0.25, -0.2) is 17.8 Å². The quantitative estimate of drug-likeness (QED) is 0.0746. The van der Waals surface area contributed by atoms with Crippen LogP contribution in [0.3, 0.4) is 0 Å². The number of aromatic nitrogens is 3. The van der Waals surface area contributed by atoms with Gasteiger partial charge in [-0.3, -0.25) is 4.79 Å². The fourth-order valence-corrected chi connectivity index (χ4v) is 9.96. The highest BCUT2D eigenvalue weighted by Gasteiger charge is 2.49. The molecule has 0 radical (unpaired) electrons. The Kier molecular flexibility index (Phi) is 15.3. The van der Waals surface area contributed by atoms with E-state index < -0.39 is 45.8 Å². The normalized spacial score (nSPS) is 18.6. The Morgan fingerprint density at radius 3 is 1.86 bits per heavy atom. The molecule has 1 fully saturated rings. The second-order valence-electron chi connectivity index (χ2n) is 15.7. The maximum absolute atomic E-state index is 13.6. The number of hydrogen-bond donors (Lipinski definition) is 1. The van der Waals surface area contributed by atoms with Crippen LogP contribution in [0.2, 0.25) is 0 Å². The lowest BCUT2D eigenvalue weighted by atomic mass is 9.99. The molecule has 0 amide bonds. The summed E-state index contributed by atoms with van der Waals surface area (Å²) in [4.78, 5) is 16.6. The van der Waals surface area contributed by atoms with Crippen LogP contribution in [-0.2, 0) is 71.4 Å². The van der Waals surface area contributed by atoms with Crippen LogP contribution in [0.15, 0.2) is 174 Å². The Morgan fingerprint density at radius 2 is 1.25 bits per heavy atom. The predicted molar refractivity (Wildman–Crippen MR) is 249 cm³/mol. The Bertz CT molecular complexity index is 2710. The maximum Gasteiger partial charge on any atom is 0.327 e. The summed E-state index contributed by atoms with van der Waals surface area (Å²) >= 11 is 1.50. The largest absolute Gasteiger partial charge is 0.461 e. The summed E-state index contributed by atoms with van der Waals surface area (Å²) in [7, 11) is -0.123. The van der Waals surface area contributed by atoms with Crippen LogP contribution in [0.5, 0.6) is 0 Å². The molecule has 8 rings (SSSR count). The lowest BCUT2D eigenvalue weighted by molar-refractivity contribution is -0.253. The minimum Gasteiger partial charge on any atom is -0.461 e. The molecule has 1 N–H and O–H groups in total. The van der Waals surface area contributed by atoms with Crippen molar-refractivity contribution < 1.29 is 36.9 Å². The van der Waals surface area contributed by atoms with Crippen LogP contribution in [0.1, 0.15) is 22.4 Å². The molecule has 7 aromatic rings. The van der Waals surface area contributed by atoms with Crippen LogP contribution in [0, 0.1) is 0 Å². The van der Waals surface area contributed by atoms with Crippen LogP contribution in [0.4, 0.5) is 5.69 Å². The molecule has 0 unspecified atom stereocenters. The molecule has 1 aliphatic heterocycles. The van der Waals surface area contributed by atoms with Gasteiger partial charge < -0.3 is 28.6 Å². The van der Waals surface area contributed by atoms with Crippen molar-refractivity contribution in [1.82, 2.24) is 19.7 Å². The smallest absolute Gasteiger partial charge is 0.327 e. The molecule has 1 aliphatic rings. The van der Waals surface area contributed by atoms with E-state index in [4.69, 9.17) is 23.7 Å². The van der Waals surface area contributed by atoms with E-state index in [1.807, 2.05) is 159 Å². The van der Waals surface area contributed by atoms with Gasteiger partial charge in [-0.15, -0.1) is 5.10 Å². The molecule has 336 valence electrons. The van der Waals surface area contributed by atoms with Gasteiger partial charge >= 0.3 is 5.97 Å². The number of thioether (sulfide) groups is 1. The van der Waals surface area contributed by atoms with Crippen LogP contribution in [0.25, 0.3) is 10.8 Å². The first-order chi connectivity index (χ1) is 31.7. The third kappa shape index (κ3) is 12.1. The lowest BCUT2D eigenvalue weighted by Gasteiger charge is -2.45. The van der Waals surface area contributed by atoms with Gasteiger partial charge in [0.25, 0.3) is 0 Å². The SMILES string of the molecule is CN(C)c1cccc2c(S(=O)(=O)NCc3cn(CC(=O)OC[C@H]4O[C@@H](Sc5ccccc5)[C@H](OCc5ccccc5)[C@@H](OCc5ccccc5)[C@H]4OCc4ccccc4)nn3)cccc12. The summed E-state index contributed by atoms with van der Waals surface area (Å²) < 4.78 is 64.2. The lowest BCUT2D eigenvalue weighted by Crippen LogP contribution is -2.60. The molecule has 1 saturated heterocycles. The molecule has 6 aromatic carbocycles. The number of rotatable bonds is 20. The summed E-state index contributed by atoms with van der Waals surface area (Å²) in [6.45, 7) is 0.242. The zero-order chi connectivity index (χ0) is 45.0. The second kappa shape index (κ2) is 21.8. The van der Waals surface area contributed by atoms with Crippen LogP contribution in [-0.4, -0.2) is 79.9 Å². The van der Waals surface area contributed by atoms with Crippen molar-refractivity contribution in [3.05, 3.63) is 186 Å². The Labute approximate surface area is 383 Å². The minimum atomic E-state index is -3.95. The molecule has 0 aliphatic carbocycles. The number of nitrogens with zero attached hydrogens (tertiary/aromatic N) is 4. The highest BCUT2D eigenvalue weighted by Crippen LogP contribution is 2.38. The molecule has 0 saturated carbocycles. The zero-order valence-electron chi connectivity index (χ0n) is 36.1. The molecule has 65 heavy (non-hydrogen) atoms. The summed E-state index contributed by atoms with van der Waals surface area (Å²) in [6.07, 6.45) is -1.27. The van der Waals surface area contributed by atoms with Crippen molar-refractivity contribution in [3.63, 3.8) is 0 Å². The van der Waals surface area contributed by atoms with Crippen molar-refractivity contribution in [1.29, 1.82) is 0 Å². The first kappa shape index (κ1) is 45.7. The number of benzene rings is 6. The number of carbonyl (C=O) groups excluding carboxylic acids is 1. The van der Waals surface area contributed by atoms with E-state index in [1.165, 1.54) is 22.6 Å². The Hall–Kier alpha value is -5.91. The first-order valence-electron chi connectivity index (χ1n) is 21.3. The number of nitrogens with one attached hydrogen (secondary N) is 1. The predicted octanol–water partition coefficient (Wildman–Crippen LogP) is 7.79. The van der Waals surface area contributed by atoms with Crippen molar-refractivity contribution >= 4 is 44.2 Å². The van der Waals surface area contributed by atoms with Crippen LogP contribution >= 0.6 is 11.8 Å². The molecule has 13 nitrogen and oxygen atoms in total. The summed E-state index contributed by atoms with van der Waals surface area (Å²) in [5.74, 6) is -0.601. The van der Waals surface area contributed by atoms with Gasteiger partial charge in [0, 0.05) is 35.5 Å². The minimum absolute atomic E-state index is 0.143. The average Bonchev–Trinajstić information content (AvgIpc) is 3.79. The van der Waals surface area contributed by atoms with Gasteiger partial charge in [-0.1, -0.05) is 150 Å². The molecule has 0 bridgehead atoms. The van der Waals surface area contributed by atoms with Gasteiger partial charge in [0.1, 0.15) is 43.0 Å². The molecule has 5 atom stereocenters. The van der Waals surface area contributed by atoms with E-state index in [2.05, 4.69) is 15.0 Å². The van der Waals surface area contributed by atoms with Gasteiger partial charge in [0.15, 0.2) is 0 Å². The molecule has 2 heterocycles. The Morgan fingerprint density at radius 1 is 0.692 bits per heavy atom. The van der Waals surface area contributed by atoms with Crippen molar-refractivity contribution in [2.24, 2.45) is 0 Å². The number of anilines is 1. The van der Waals surface area contributed by atoms with E-state index in [-0.39, 0.29) is 37.8 Å². The van der Waals surface area contributed by atoms with E-state index in [1.54, 1.807) is 18.2 Å². The molecule has 1 aromatic heterocycles. The van der Waals surface area contributed by atoms with Gasteiger partial charge in [-0.05, 0) is 41.0 Å².